The highest BCUT2D eigenvalue weighted by Gasteiger charge is 2.24. The van der Waals surface area contributed by atoms with E-state index in [1.54, 1.807) is 6.07 Å². The maximum absolute atomic E-state index is 13.8. The van der Waals surface area contributed by atoms with Crippen molar-refractivity contribution in [2.45, 2.75) is 25.3 Å². The lowest BCUT2D eigenvalue weighted by Crippen LogP contribution is -2.43. The molecule has 0 amide bonds. The van der Waals surface area contributed by atoms with Gasteiger partial charge in [0, 0.05) is 38.3 Å². The van der Waals surface area contributed by atoms with Crippen LogP contribution in [0.5, 0.6) is 0 Å². The molecule has 2 aliphatic rings. The van der Waals surface area contributed by atoms with Crippen molar-refractivity contribution in [3.63, 3.8) is 0 Å². The molecule has 0 spiro atoms. The third kappa shape index (κ3) is 2.67. The number of halogens is 1. The minimum Gasteiger partial charge on any atom is -0.314 e. The summed E-state index contributed by atoms with van der Waals surface area (Å²) in [5.41, 5.74) is 2.20. The van der Waals surface area contributed by atoms with E-state index in [0.717, 1.165) is 38.3 Å². The van der Waals surface area contributed by atoms with Gasteiger partial charge in [-0.05, 0) is 30.4 Å². The number of benzene rings is 1. The van der Waals surface area contributed by atoms with E-state index in [4.69, 9.17) is 0 Å². The standard InChI is InChI=1S/C14H19FN2/c15-14-4-3-12(11-1-2-11)9-13(14)10-17-7-5-16-6-8-17/h3-4,9,11,16H,1-2,5-8,10H2. The summed E-state index contributed by atoms with van der Waals surface area (Å²) in [6, 6.07) is 5.68. The lowest BCUT2D eigenvalue weighted by atomic mass is 10.1. The highest BCUT2D eigenvalue weighted by Crippen LogP contribution is 2.40. The molecular formula is C14H19FN2. The molecule has 0 atom stereocenters. The molecule has 1 aliphatic carbocycles. The molecule has 92 valence electrons. The number of piperazine rings is 1. The lowest BCUT2D eigenvalue weighted by Gasteiger charge is -2.27. The van der Waals surface area contributed by atoms with Crippen molar-refractivity contribution in [3.05, 3.63) is 35.1 Å². The molecule has 1 saturated heterocycles. The average Bonchev–Trinajstić information content (AvgIpc) is 3.17. The van der Waals surface area contributed by atoms with Gasteiger partial charge in [0.25, 0.3) is 0 Å². The van der Waals surface area contributed by atoms with Crippen LogP contribution in [0.2, 0.25) is 0 Å². The zero-order valence-corrected chi connectivity index (χ0v) is 10.1. The van der Waals surface area contributed by atoms with Gasteiger partial charge >= 0.3 is 0 Å². The Morgan fingerprint density at radius 2 is 2.00 bits per heavy atom. The number of nitrogens with zero attached hydrogens (tertiary/aromatic N) is 1. The van der Waals surface area contributed by atoms with Crippen molar-refractivity contribution in [1.82, 2.24) is 10.2 Å². The second-order valence-electron chi connectivity index (χ2n) is 5.15. The molecule has 1 aromatic carbocycles. The van der Waals surface area contributed by atoms with Crippen LogP contribution in [-0.4, -0.2) is 31.1 Å². The predicted molar refractivity (Wildman–Crippen MR) is 66.5 cm³/mol. The molecule has 1 saturated carbocycles. The topological polar surface area (TPSA) is 15.3 Å². The molecule has 2 fully saturated rings. The SMILES string of the molecule is Fc1ccc(C2CC2)cc1CN1CCNCC1. The lowest BCUT2D eigenvalue weighted by molar-refractivity contribution is 0.230. The number of nitrogens with one attached hydrogen (secondary N) is 1. The summed E-state index contributed by atoms with van der Waals surface area (Å²) < 4.78 is 13.8. The van der Waals surface area contributed by atoms with E-state index in [9.17, 15) is 4.39 Å². The maximum Gasteiger partial charge on any atom is 0.127 e. The summed E-state index contributed by atoms with van der Waals surface area (Å²) in [7, 11) is 0. The Balaban J connectivity index is 1.73. The fourth-order valence-electron chi connectivity index (χ4n) is 2.50. The van der Waals surface area contributed by atoms with Crippen LogP contribution in [0.1, 0.15) is 29.9 Å². The first-order valence-electron chi connectivity index (χ1n) is 6.54. The smallest absolute Gasteiger partial charge is 0.127 e. The van der Waals surface area contributed by atoms with Gasteiger partial charge in [-0.2, -0.15) is 0 Å². The van der Waals surface area contributed by atoms with E-state index in [1.165, 1.54) is 18.4 Å². The third-order valence-corrected chi connectivity index (χ3v) is 3.72. The molecule has 1 aliphatic heterocycles. The van der Waals surface area contributed by atoms with Gasteiger partial charge in [0.05, 0.1) is 0 Å². The van der Waals surface area contributed by atoms with Crippen LogP contribution in [0.4, 0.5) is 4.39 Å². The highest BCUT2D eigenvalue weighted by molar-refractivity contribution is 5.30. The second kappa shape index (κ2) is 4.75. The Morgan fingerprint density at radius 1 is 1.24 bits per heavy atom. The van der Waals surface area contributed by atoms with Crippen LogP contribution >= 0.6 is 0 Å². The van der Waals surface area contributed by atoms with Crippen molar-refractivity contribution in [2.24, 2.45) is 0 Å². The molecule has 0 radical (unpaired) electrons. The molecule has 1 heterocycles. The summed E-state index contributed by atoms with van der Waals surface area (Å²) in [4.78, 5) is 2.32. The molecule has 0 unspecified atom stereocenters. The first-order valence-corrected chi connectivity index (χ1v) is 6.54. The van der Waals surface area contributed by atoms with E-state index < -0.39 is 0 Å². The quantitative estimate of drug-likeness (QED) is 0.861. The van der Waals surface area contributed by atoms with E-state index in [0.29, 0.717) is 5.92 Å². The molecule has 3 heteroatoms. The van der Waals surface area contributed by atoms with Gasteiger partial charge in [0.1, 0.15) is 5.82 Å². The third-order valence-electron chi connectivity index (χ3n) is 3.72. The van der Waals surface area contributed by atoms with E-state index in [-0.39, 0.29) is 5.82 Å². The fourth-order valence-corrected chi connectivity index (χ4v) is 2.50. The van der Waals surface area contributed by atoms with Crippen molar-refractivity contribution < 1.29 is 4.39 Å². The van der Waals surface area contributed by atoms with Gasteiger partial charge in [-0.3, -0.25) is 4.90 Å². The molecule has 0 bridgehead atoms. The highest BCUT2D eigenvalue weighted by atomic mass is 19.1. The van der Waals surface area contributed by atoms with Crippen molar-refractivity contribution in [3.8, 4) is 0 Å². The first-order chi connectivity index (χ1) is 8.33. The molecule has 17 heavy (non-hydrogen) atoms. The van der Waals surface area contributed by atoms with Gasteiger partial charge in [0.2, 0.25) is 0 Å². The zero-order valence-electron chi connectivity index (χ0n) is 10.1. The second-order valence-corrected chi connectivity index (χ2v) is 5.15. The van der Waals surface area contributed by atoms with Crippen molar-refractivity contribution in [2.75, 3.05) is 26.2 Å². The summed E-state index contributed by atoms with van der Waals surface area (Å²) in [6.45, 7) is 4.84. The van der Waals surface area contributed by atoms with Crippen molar-refractivity contribution >= 4 is 0 Å². The normalized spacial score (nSPS) is 21.7. The molecule has 1 N–H and O–H groups in total. The van der Waals surface area contributed by atoms with Crippen LogP contribution < -0.4 is 5.32 Å². The minimum atomic E-state index is -0.0482. The number of hydrogen-bond donors (Lipinski definition) is 1. The Labute approximate surface area is 102 Å². The fraction of sp³-hybridized carbons (Fsp3) is 0.571. The van der Waals surface area contributed by atoms with Gasteiger partial charge in [-0.15, -0.1) is 0 Å². The van der Waals surface area contributed by atoms with Gasteiger partial charge in [-0.25, -0.2) is 4.39 Å². The minimum absolute atomic E-state index is 0.0482. The number of hydrogen-bond acceptors (Lipinski definition) is 2. The Hall–Kier alpha value is -0.930. The van der Waals surface area contributed by atoms with Crippen LogP contribution in [0.25, 0.3) is 0 Å². The molecule has 2 nitrogen and oxygen atoms in total. The number of rotatable bonds is 3. The van der Waals surface area contributed by atoms with Crippen LogP contribution in [-0.2, 0) is 6.54 Å². The Morgan fingerprint density at radius 3 is 2.71 bits per heavy atom. The van der Waals surface area contributed by atoms with Crippen molar-refractivity contribution in [1.29, 1.82) is 0 Å². The predicted octanol–water partition coefficient (Wildman–Crippen LogP) is 2.11. The van der Waals surface area contributed by atoms with E-state index in [2.05, 4.69) is 16.3 Å². The molecule has 3 rings (SSSR count). The maximum atomic E-state index is 13.8. The molecular weight excluding hydrogens is 215 g/mol. The molecule has 0 aromatic heterocycles. The van der Waals surface area contributed by atoms with Gasteiger partial charge in [-0.1, -0.05) is 12.1 Å². The van der Waals surface area contributed by atoms with Crippen LogP contribution in [0.15, 0.2) is 18.2 Å². The summed E-state index contributed by atoms with van der Waals surface area (Å²) in [6.07, 6.45) is 2.55. The van der Waals surface area contributed by atoms with Gasteiger partial charge < -0.3 is 5.32 Å². The first kappa shape index (κ1) is 11.2. The monoisotopic (exact) mass is 234 g/mol. The zero-order chi connectivity index (χ0) is 11.7. The summed E-state index contributed by atoms with van der Waals surface area (Å²) >= 11 is 0. The van der Waals surface area contributed by atoms with Crippen LogP contribution in [0.3, 0.4) is 0 Å². The van der Waals surface area contributed by atoms with E-state index in [1.807, 2.05) is 6.07 Å². The Bertz CT molecular complexity index is 395. The van der Waals surface area contributed by atoms with Gasteiger partial charge in [0.15, 0.2) is 0 Å². The summed E-state index contributed by atoms with van der Waals surface area (Å²) in [5, 5.41) is 3.32. The average molecular weight is 234 g/mol. The Kier molecular flexibility index (Phi) is 3.12. The largest absolute Gasteiger partial charge is 0.314 e. The summed E-state index contributed by atoms with van der Waals surface area (Å²) in [5.74, 6) is 0.658. The molecule has 1 aromatic rings. The van der Waals surface area contributed by atoms with E-state index >= 15 is 0 Å². The van der Waals surface area contributed by atoms with Crippen LogP contribution in [0, 0.1) is 5.82 Å².